The average molecular weight is 942 g/mol. The van der Waals surface area contributed by atoms with E-state index >= 15 is 0 Å². The Morgan fingerprint density at radius 2 is 0.981 bits per heavy atom. The van der Waals surface area contributed by atoms with Gasteiger partial charge in [-0.3, -0.25) is 0 Å². The SMILES string of the molecule is CO.COc1cc(C)cc(CN(C)CCN(C)CCN(C)Cc2cc(C)cc(OC)c2[O-])c1[O-].O=C([O-])c1ccccc1.O=[N+]([O-])[O-].O=[N+]([O-])[O-].[Dy+3].[Ni+2]. The molecule has 0 heterocycles. The van der Waals surface area contributed by atoms with Crippen molar-refractivity contribution in [2.75, 3.05) is 68.7 Å². The zero-order chi connectivity index (χ0) is 39.7. The molecule has 0 unspecified atom stereocenters. The molecule has 0 saturated heterocycles. The third-order valence-electron chi connectivity index (χ3n) is 6.61. The molecule has 20 heteroatoms. The Balaban J connectivity index is -0.000000470. The second kappa shape index (κ2) is 31.8. The molecule has 1 radical (unpaired) electrons. The summed E-state index contributed by atoms with van der Waals surface area (Å²) in [6, 6.07) is 15.5. The van der Waals surface area contributed by atoms with Crippen LogP contribution in [0.3, 0.4) is 0 Å². The molecule has 0 saturated carbocycles. The number of methoxy groups -OCH3 is 2. The van der Waals surface area contributed by atoms with Crippen LogP contribution >= 0.6 is 0 Å². The van der Waals surface area contributed by atoms with E-state index in [2.05, 4.69) is 21.7 Å². The molecule has 1 N–H and O–H groups in total. The fourth-order valence-electron chi connectivity index (χ4n) is 4.27. The minimum Gasteiger partial charge on any atom is -0.870 e. The molecule has 3 rings (SSSR count). The minimum absolute atomic E-state index is 0. The van der Waals surface area contributed by atoms with Crippen molar-refractivity contribution in [3.63, 3.8) is 0 Å². The zero-order valence-electron chi connectivity index (χ0n) is 30.7. The molecule has 0 bridgehead atoms. The van der Waals surface area contributed by atoms with Crippen LogP contribution in [0.1, 0.15) is 32.6 Å². The Hall–Kier alpha value is -3.66. The first-order chi connectivity index (χ1) is 23.9. The molecule has 3 aromatic rings. The van der Waals surface area contributed by atoms with Crippen LogP contribution < -0.4 is 24.8 Å². The average Bonchev–Trinajstić information content (AvgIpc) is 3.06. The molecule has 3 aromatic carbocycles. The number of aromatic carboxylic acids is 1. The van der Waals surface area contributed by atoms with Gasteiger partial charge in [0.05, 0.1) is 30.4 Å². The van der Waals surface area contributed by atoms with E-state index in [0.717, 1.165) is 55.5 Å². The van der Waals surface area contributed by atoms with Crippen molar-refractivity contribution >= 4 is 5.97 Å². The van der Waals surface area contributed by atoms with Gasteiger partial charge < -0.3 is 80.0 Å². The maximum Gasteiger partial charge on any atom is 3.00 e. The van der Waals surface area contributed by atoms with Crippen LogP contribution in [-0.2, 0) is 29.6 Å². The molecular formula is C33H46DyN5NiO13. The van der Waals surface area contributed by atoms with E-state index in [9.17, 15) is 20.1 Å². The topological polar surface area (TPSA) is 267 Å². The van der Waals surface area contributed by atoms with Crippen molar-refractivity contribution in [1.82, 2.24) is 14.7 Å². The van der Waals surface area contributed by atoms with Gasteiger partial charge in [-0.2, -0.15) is 0 Å². The van der Waals surface area contributed by atoms with Crippen LogP contribution in [0.5, 0.6) is 23.0 Å². The Morgan fingerprint density at radius 3 is 1.25 bits per heavy atom. The summed E-state index contributed by atoms with van der Waals surface area (Å²) >= 11 is 0. The summed E-state index contributed by atoms with van der Waals surface area (Å²) in [5.74, 6) is -0.395. The summed E-state index contributed by atoms with van der Waals surface area (Å²) in [5, 5.41) is 71.5. The normalized spacial score (nSPS) is 9.51. The maximum atomic E-state index is 12.4. The summed E-state index contributed by atoms with van der Waals surface area (Å²) in [7, 11) is 10.2. The number of carbonyl (C=O) groups excluding carboxylic acids is 1. The van der Waals surface area contributed by atoms with Crippen LogP contribution in [0.15, 0.2) is 54.6 Å². The third kappa shape index (κ3) is 26.7. The number of hydrogen-bond acceptors (Lipinski definition) is 16. The number of nitrogens with zero attached hydrogens (tertiary/aromatic N) is 5. The summed E-state index contributed by atoms with van der Waals surface area (Å²) in [4.78, 5) is 33.2. The molecule has 0 aromatic heterocycles. The number of hydrogen-bond donors (Lipinski definition) is 1. The largest absolute Gasteiger partial charge is 3.00 e. The molecule has 0 spiro atoms. The number of likely N-dealkylation sites (N-methyl/N-ethyl adjacent to an activating group) is 3. The van der Waals surface area contributed by atoms with E-state index in [4.69, 9.17) is 45.2 Å². The predicted octanol–water partition coefficient (Wildman–Crippen LogP) is 1.14. The smallest absolute Gasteiger partial charge is 0.870 e. The van der Waals surface area contributed by atoms with Crippen molar-refractivity contribution in [1.29, 1.82) is 0 Å². The van der Waals surface area contributed by atoms with Crippen molar-refractivity contribution in [2.24, 2.45) is 0 Å². The molecule has 0 atom stereocenters. The maximum absolute atomic E-state index is 12.4. The van der Waals surface area contributed by atoms with Crippen LogP contribution in [0.25, 0.3) is 0 Å². The Morgan fingerprint density at radius 1 is 0.679 bits per heavy atom. The molecule has 0 amide bonds. The molecule has 0 aliphatic carbocycles. The van der Waals surface area contributed by atoms with Gasteiger partial charge >= 0.3 is 54.7 Å². The van der Waals surface area contributed by atoms with Crippen molar-refractivity contribution in [3.8, 4) is 23.0 Å². The molecule has 0 aliphatic heterocycles. The van der Waals surface area contributed by atoms with Crippen LogP contribution in [0, 0.1) is 82.7 Å². The van der Waals surface area contributed by atoms with E-state index in [0.29, 0.717) is 24.6 Å². The van der Waals surface area contributed by atoms with Gasteiger partial charge in [-0.1, -0.05) is 54.0 Å². The van der Waals surface area contributed by atoms with Crippen LogP contribution in [-0.4, -0.2) is 105 Å². The van der Waals surface area contributed by atoms with E-state index in [-0.39, 0.29) is 71.7 Å². The molecule has 301 valence electrons. The zero-order valence-corrected chi connectivity index (χ0v) is 33.7. The third-order valence-corrected chi connectivity index (χ3v) is 6.61. The van der Waals surface area contributed by atoms with E-state index < -0.39 is 16.1 Å². The quantitative estimate of drug-likeness (QED) is 0.143. The summed E-state index contributed by atoms with van der Waals surface area (Å²) < 4.78 is 10.4. The van der Waals surface area contributed by atoms with Crippen molar-refractivity contribution in [3.05, 3.63) is 113 Å². The second-order valence-corrected chi connectivity index (χ2v) is 10.8. The number of ether oxygens (including phenoxy) is 2. The van der Waals surface area contributed by atoms with Gasteiger partial charge in [0.1, 0.15) is 11.5 Å². The van der Waals surface area contributed by atoms with Gasteiger partial charge in [0.2, 0.25) is 0 Å². The van der Waals surface area contributed by atoms with Crippen molar-refractivity contribution in [2.45, 2.75) is 26.9 Å². The molecule has 0 aliphatic rings. The minimum atomic E-state index is -1.75. The number of carboxylic acids is 1. The number of aryl methyl sites for hydroxylation is 2. The Kier molecular flexibility index (Phi) is 33.7. The fourth-order valence-corrected chi connectivity index (χ4v) is 4.27. The number of aliphatic hydroxyl groups is 1. The summed E-state index contributed by atoms with van der Waals surface area (Å²) in [6.07, 6.45) is 0. The fraction of sp³-hybridized carbons (Fsp3) is 0.424. The first kappa shape index (κ1) is 56.1. The van der Waals surface area contributed by atoms with Gasteiger partial charge in [-0.05, 0) is 74.9 Å². The Bertz CT molecular complexity index is 1390. The predicted molar refractivity (Wildman–Crippen MR) is 184 cm³/mol. The summed E-state index contributed by atoms with van der Waals surface area (Å²) in [6.45, 7) is 8.57. The Labute approximate surface area is 349 Å². The number of aliphatic hydroxyl groups excluding tert-OH is 1. The second-order valence-electron chi connectivity index (χ2n) is 10.8. The van der Waals surface area contributed by atoms with Gasteiger partial charge in [-0.25, -0.2) is 0 Å². The van der Waals surface area contributed by atoms with Crippen molar-refractivity contribution < 1.29 is 99.5 Å². The molecule has 18 nitrogen and oxygen atoms in total. The van der Waals surface area contributed by atoms with Gasteiger partial charge in [-0.15, -0.1) is 0 Å². The summed E-state index contributed by atoms with van der Waals surface area (Å²) in [5.41, 5.74) is 3.79. The van der Waals surface area contributed by atoms with Crippen LogP contribution in [0.2, 0.25) is 0 Å². The number of rotatable bonds is 13. The number of carbonyl (C=O) groups is 1. The number of carboxylic acid groups (broad SMARTS) is 1. The van der Waals surface area contributed by atoms with Gasteiger partial charge in [0, 0.05) is 46.4 Å². The monoisotopic (exact) mass is 942 g/mol. The van der Waals surface area contributed by atoms with Gasteiger partial charge in [0.15, 0.2) is 0 Å². The molecule has 0 fully saturated rings. The molecular weight excluding hydrogens is 896 g/mol. The standard InChI is InChI=1S/C25H39N3O4.C7H6O2.CH4O.Dy.2NO3.Ni/c1-18-12-20(24(29)22(14-18)31-6)16-27(4)10-8-26(3)9-11-28(5)17-21-13-19(2)15-23(32-7)25(21)30;8-7(9)6-4-2-1-3-5-6;1-2;;2*2-1(3)4;/h12-15,29-30H,8-11,16-17H2,1-7H3;1-5H,(H,8,9);2H,1H3;;;;/q;;;+3;2*-1;+2/p-3. The van der Waals surface area contributed by atoms with E-state index in [1.165, 1.54) is 26.4 Å². The first-order valence-electron chi connectivity index (χ1n) is 15.0. The number of benzene rings is 3. The van der Waals surface area contributed by atoms with Crippen LogP contribution in [0.4, 0.5) is 0 Å². The van der Waals surface area contributed by atoms with E-state index in [1.807, 2.05) is 40.1 Å². The van der Waals surface area contributed by atoms with Gasteiger partial charge in [0.25, 0.3) is 0 Å². The molecule has 53 heavy (non-hydrogen) atoms. The first-order valence-corrected chi connectivity index (χ1v) is 15.0. The van der Waals surface area contributed by atoms with E-state index in [1.54, 1.807) is 30.3 Å².